The Morgan fingerprint density at radius 2 is 1.77 bits per heavy atom. The van der Waals surface area contributed by atoms with E-state index >= 15 is 0 Å². The number of ether oxygens (including phenoxy) is 1. The first-order valence-corrected chi connectivity index (χ1v) is 11.8. The van der Waals surface area contributed by atoms with E-state index in [4.69, 9.17) is 9.73 Å². The van der Waals surface area contributed by atoms with Gasteiger partial charge in [-0.05, 0) is 64.4 Å². The lowest BCUT2D eigenvalue weighted by molar-refractivity contribution is 0.167. The van der Waals surface area contributed by atoms with Crippen LogP contribution in [0, 0.1) is 0 Å². The van der Waals surface area contributed by atoms with Crippen LogP contribution in [0.25, 0.3) is 0 Å². The van der Waals surface area contributed by atoms with E-state index in [1.54, 1.807) is 0 Å². The van der Waals surface area contributed by atoms with Gasteiger partial charge in [-0.15, -0.1) is 24.0 Å². The van der Waals surface area contributed by atoms with E-state index in [0.717, 1.165) is 57.6 Å². The van der Waals surface area contributed by atoms with Crippen molar-refractivity contribution in [3.63, 3.8) is 0 Å². The number of benzene rings is 1. The normalized spacial score (nSPS) is 15.8. The number of hydrogen-bond acceptors (Lipinski definition) is 4. The topological polar surface area (TPSA) is 52.1 Å². The van der Waals surface area contributed by atoms with Crippen molar-refractivity contribution >= 4 is 29.9 Å². The molecule has 1 heterocycles. The monoisotopic (exact) mass is 545 g/mol. The molecule has 1 aromatic rings. The Morgan fingerprint density at radius 1 is 1.13 bits per heavy atom. The molecular formula is C24H44IN5O. The summed E-state index contributed by atoms with van der Waals surface area (Å²) < 4.78 is 5.88. The smallest absolute Gasteiger partial charge is 0.191 e. The number of hydrogen-bond donors (Lipinski definition) is 2. The maximum atomic E-state index is 5.88. The number of halogens is 1. The first-order valence-electron chi connectivity index (χ1n) is 11.8. The molecule has 7 heteroatoms. The number of nitrogens with zero attached hydrogens (tertiary/aromatic N) is 3. The number of nitrogens with one attached hydrogen (secondary N) is 2. The third-order valence-electron chi connectivity index (χ3n) is 5.86. The third kappa shape index (κ3) is 10.4. The largest absolute Gasteiger partial charge is 0.492 e. The summed E-state index contributed by atoms with van der Waals surface area (Å²) in [6.45, 7) is 18.7. The van der Waals surface area contributed by atoms with Crippen LogP contribution in [-0.4, -0.2) is 73.7 Å². The summed E-state index contributed by atoms with van der Waals surface area (Å²) in [6, 6.07) is 9.46. The quantitative estimate of drug-likeness (QED) is 0.251. The van der Waals surface area contributed by atoms with E-state index in [9.17, 15) is 0 Å². The molecule has 0 atom stereocenters. The van der Waals surface area contributed by atoms with Crippen LogP contribution in [-0.2, 0) is 6.54 Å². The molecule has 0 spiro atoms. The standard InChI is InChI=1S/C24H43N5O.HI/c1-6-25-24(27-22-13-15-29(16-14-22)20(4)5)26-19-21-9-11-23(12-10-21)30-18-17-28(7-2)8-3;/h9-12,20,22H,6-8,13-19H2,1-5H3,(H2,25,26,27);1H. The van der Waals surface area contributed by atoms with Crippen molar-refractivity contribution in [1.29, 1.82) is 0 Å². The van der Waals surface area contributed by atoms with Gasteiger partial charge in [0.2, 0.25) is 0 Å². The van der Waals surface area contributed by atoms with Crippen LogP contribution in [0.4, 0.5) is 0 Å². The molecule has 2 N–H and O–H groups in total. The van der Waals surface area contributed by atoms with Gasteiger partial charge in [0.1, 0.15) is 12.4 Å². The molecule has 1 aliphatic rings. The summed E-state index contributed by atoms with van der Waals surface area (Å²) in [6.07, 6.45) is 2.34. The third-order valence-corrected chi connectivity index (χ3v) is 5.86. The Bertz CT molecular complexity index is 611. The fourth-order valence-corrected chi connectivity index (χ4v) is 3.77. The predicted octanol–water partition coefficient (Wildman–Crippen LogP) is 3.95. The first-order chi connectivity index (χ1) is 14.5. The van der Waals surface area contributed by atoms with Crippen molar-refractivity contribution < 1.29 is 4.74 Å². The molecule has 0 radical (unpaired) electrons. The second kappa shape index (κ2) is 15.7. The SMILES string of the molecule is CCNC(=NCc1ccc(OCCN(CC)CC)cc1)NC1CCN(C(C)C)CC1.I. The van der Waals surface area contributed by atoms with Gasteiger partial charge >= 0.3 is 0 Å². The lowest BCUT2D eigenvalue weighted by Gasteiger charge is -2.35. The van der Waals surface area contributed by atoms with Crippen LogP contribution < -0.4 is 15.4 Å². The number of piperidine rings is 1. The number of likely N-dealkylation sites (N-methyl/N-ethyl adjacent to an activating group) is 1. The van der Waals surface area contributed by atoms with E-state index in [-0.39, 0.29) is 24.0 Å². The Labute approximate surface area is 207 Å². The highest BCUT2D eigenvalue weighted by atomic mass is 127. The van der Waals surface area contributed by atoms with Crippen molar-refractivity contribution in [3.05, 3.63) is 29.8 Å². The molecule has 0 saturated carbocycles. The minimum atomic E-state index is 0. The van der Waals surface area contributed by atoms with Crippen molar-refractivity contribution in [3.8, 4) is 5.75 Å². The van der Waals surface area contributed by atoms with Gasteiger partial charge in [-0.25, -0.2) is 4.99 Å². The summed E-state index contributed by atoms with van der Waals surface area (Å²) >= 11 is 0. The van der Waals surface area contributed by atoms with Crippen molar-refractivity contribution in [2.24, 2.45) is 4.99 Å². The molecular weight excluding hydrogens is 501 g/mol. The molecule has 0 aromatic heterocycles. The zero-order valence-electron chi connectivity index (χ0n) is 20.2. The highest BCUT2D eigenvalue weighted by molar-refractivity contribution is 14.0. The van der Waals surface area contributed by atoms with E-state index in [2.05, 4.69) is 79.3 Å². The second-order valence-corrected chi connectivity index (χ2v) is 8.26. The van der Waals surface area contributed by atoms with Gasteiger partial charge in [-0.2, -0.15) is 0 Å². The van der Waals surface area contributed by atoms with Crippen LogP contribution in [0.15, 0.2) is 29.3 Å². The van der Waals surface area contributed by atoms with Crippen LogP contribution >= 0.6 is 24.0 Å². The zero-order chi connectivity index (χ0) is 21.8. The lowest BCUT2D eigenvalue weighted by Crippen LogP contribution is -2.49. The average Bonchev–Trinajstić information content (AvgIpc) is 2.76. The fraction of sp³-hybridized carbons (Fsp3) is 0.708. The summed E-state index contributed by atoms with van der Waals surface area (Å²) in [5.41, 5.74) is 1.19. The minimum absolute atomic E-state index is 0. The van der Waals surface area contributed by atoms with Crippen molar-refractivity contribution in [2.75, 3.05) is 45.9 Å². The van der Waals surface area contributed by atoms with Gasteiger partial charge in [-0.1, -0.05) is 26.0 Å². The lowest BCUT2D eigenvalue weighted by atomic mass is 10.0. The molecule has 0 unspecified atom stereocenters. The van der Waals surface area contributed by atoms with E-state index in [1.807, 2.05) is 0 Å². The predicted molar refractivity (Wildman–Crippen MR) is 143 cm³/mol. The highest BCUT2D eigenvalue weighted by Crippen LogP contribution is 2.14. The van der Waals surface area contributed by atoms with Crippen LogP contribution in [0.1, 0.15) is 53.0 Å². The van der Waals surface area contributed by atoms with Gasteiger partial charge in [0.25, 0.3) is 0 Å². The van der Waals surface area contributed by atoms with Gasteiger partial charge in [0.05, 0.1) is 6.54 Å². The van der Waals surface area contributed by atoms with E-state index in [1.165, 1.54) is 18.4 Å². The Morgan fingerprint density at radius 3 is 2.32 bits per heavy atom. The number of guanidine groups is 1. The second-order valence-electron chi connectivity index (χ2n) is 8.26. The van der Waals surface area contributed by atoms with E-state index < -0.39 is 0 Å². The first kappa shape index (κ1) is 28.0. The van der Waals surface area contributed by atoms with Gasteiger partial charge in [0.15, 0.2) is 5.96 Å². The molecule has 1 aliphatic heterocycles. The van der Waals surface area contributed by atoms with Crippen LogP contribution in [0.5, 0.6) is 5.75 Å². The van der Waals surface area contributed by atoms with Crippen molar-refractivity contribution in [1.82, 2.24) is 20.4 Å². The molecule has 178 valence electrons. The summed E-state index contributed by atoms with van der Waals surface area (Å²) in [5, 5.41) is 7.02. The maximum absolute atomic E-state index is 5.88. The summed E-state index contributed by atoms with van der Waals surface area (Å²) in [5.74, 6) is 1.84. The molecule has 31 heavy (non-hydrogen) atoms. The van der Waals surface area contributed by atoms with Gasteiger partial charge in [-0.3, -0.25) is 0 Å². The van der Waals surface area contributed by atoms with Crippen LogP contribution in [0.2, 0.25) is 0 Å². The Kier molecular flexibility index (Phi) is 14.2. The maximum Gasteiger partial charge on any atom is 0.191 e. The Hall–Kier alpha value is -1.06. The number of likely N-dealkylation sites (tertiary alicyclic amines) is 1. The summed E-state index contributed by atoms with van der Waals surface area (Å²) in [7, 11) is 0. The minimum Gasteiger partial charge on any atom is -0.492 e. The molecule has 0 bridgehead atoms. The zero-order valence-corrected chi connectivity index (χ0v) is 22.5. The number of rotatable bonds is 11. The van der Waals surface area contributed by atoms with Crippen molar-refractivity contribution in [2.45, 2.75) is 66.1 Å². The molecule has 1 fully saturated rings. The Balaban J connectivity index is 0.00000480. The highest BCUT2D eigenvalue weighted by Gasteiger charge is 2.21. The van der Waals surface area contributed by atoms with Gasteiger partial charge < -0.3 is 25.2 Å². The number of aliphatic imine (C=N–C) groups is 1. The molecule has 0 aliphatic carbocycles. The molecule has 1 saturated heterocycles. The summed E-state index contributed by atoms with van der Waals surface area (Å²) in [4.78, 5) is 9.72. The molecule has 0 amide bonds. The van der Waals surface area contributed by atoms with E-state index in [0.29, 0.717) is 18.6 Å². The van der Waals surface area contributed by atoms with Gasteiger partial charge in [0, 0.05) is 38.3 Å². The average molecular weight is 546 g/mol. The molecule has 2 rings (SSSR count). The fourth-order valence-electron chi connectivity index (χ4n) is 3.77. The van der Waals surface area contributed by atoms with Crippen LogP contribution in [0.3, 0.4) is 0 Å². The molecule has 6 nitrogen and oxygen atoms in total. The molecule has 1 aromatic carbocycles.